The average molecular weight is 344 g/mol. The van der Waals surface area contributed by atoms with Crippen LogP contribution < -0.4 is 5.32 Å². The van der Waals surface area contributed by atoms with E-state index in [1.807, 2.05) is 0 Å². The summed E-state index contributed by atoms with van der Waals surface area (Å²) in [6.45, 7) is 2.10. The second-order valence-corrected chi connectivity index (χ2v) is 6.65. The number of nitrogens with one attached hydrogen (secondary N) is 1. The number of aryl methyl sites for hydroxylation is 2. The number of fused-ring (bicyclic) bond motifs is 1. The van der Waals surface area contributed by atoms with Gasteiger partial charge in [0.2, 0.25) is 0 Å². The smallest absolute Gasteiger partial charge is 0.372 e. The Balaban J connectivity index is 1.57. The number of alkyl halides is 3. The molecule has 0 saturated carbocycles. The number of unbranched alkanes of at least 4 members (excludes halogenated alkanes) is 1. The molecule has 0 aromatic carbocycles. The standard InChI is InChI=1S/C18H27F3N2O/c1-14(10-12-24-13-18(19,20)21)5-2-3-7-16-9-8-15-6-4-11-22-17(15)23-16/h8-9,14H,2-7,10-13H2,1H3,(H,22,23). The van der Waals surface area contributed by atoms with Gasteiger partial charge in [-0.3, -0.25) is 0 Å². The van der Waals surface area contributed by atoms with Crippen LogP contribution in [0.25, 0.3) is 0 Å². The van der Waals surface area contributed by atoms with Gasteiger partial charge in [-0.1, -0.05) is 25.8 Å². The molecular formula is C18H27F3N2O. The molecule has 0 fully saturated rings. The van der Waals surface area contributed by atoms with Crippen molar-refractivity contribution in [1.82, 2.24) is 4.98 Å². The molecule has 2 rings (SSSR count). The van der Waals surface area contributed by atoms with Gasteiger partial charge in [-0.25, -0.2) is 4.98 Å². The lowest BCUT2D eigenvalue weighted by Gasteiger charge is -2.17. The lowest BCUT2D eigenvalue weighted by atomic mass is 9.99. The van der Waals surface area contributed by atoms with Crippen LogP contribution in [0.2, 0.25) is 0 Å². The van der Waals surface area contributed by atoms with Gasteiger partial charge in [-0.2, -0.15) is 13.2 Å². The Morgan fingerprint density at radius 3 is 2.88 bits per heavy atom. The molecule has 0 radical (unpaired) electrons. The molecule has 24 heavy (non-hydrogen) atoms. The van der Waals surface area contributed by atoms with Crippen LogP contribution in [0.4, 0.5) is 19.0 Å². The first kappa shape index (κ1) is 19.0. The maximum absolute atomic E-state index is 12.0. The van der Waals surface area contributed by atoms with Crippen molar-refractivity contribution in [2.24, 2.45) is 5.92 Å². The molecule has 1 aromatic heterocycles. The summed E-state index contributed by atoms with van der Waals surface area (Å²) in [5.41, 5.74) is 2.42. The summed E-state index contributed by atoms with van der Waals surface area (Å²) >= 11 is 0. The third-order valence-electron chi connectivity index (χ3n) is 4.35. The van der Waals surface area contributed by atoms with E-state index in [1.54, 1.807) is 0 Å². The Labute approximate surface area is 142 Å². The molecule has 2 heterocycles. The van der Waals surface area contributed by atoms with E-state index >= 15 is 0 Å². The van der Waals surface area contributed by atoms with E-state index in [4.69, 9.17) is 0 Å². The predicted molar refractivity (Wildman–Crippen MR) is 89.3 cm³/mol. The van der Waals surface area contributed by atoms with Crippen molar-refractivity contribution >= 4 is 5.82 Å². The fraction of sp³-hybridized carbons (Fsp3) is 0.722. The Bertz CT molecular complexity index is 506. The van der Waals surface area contributed by atoms with E-state index in [0.29, 0.717) is 12.3 Å². The van der Waals surface area contributed by atoms with Crippen molar-refractivity contribution in [2.75, 3.05) is 25.1 Å². The number of aromatic nitrogens is 1. The van der Waals surface area contributed by atoms with Gasteiger partial charge in [0.15, 0.2) is 0 Å². The molecule has 0 amide bonds. The van der Waals surface area contributed by atoms with E-state index in [1.165, 1.54) is 12.0 Å². The molecule has 1 unspecified atom stereocenters. The van der Waals surface area contributed by atoms with Crippen molar-refractivity contribution < 1.29 is 17.9 Å². The molecule has 1 aromatic rings. The molecule has 1 N–H and O–H groups in total. The third-order valence-corrected chi connectivity index (χ3v) is 4.35. The van der Waals surface area contributed by atoms with Crippen molar-refractivity contribution in [3.63, 3.8) is 0 Å². The van der Waals surface area contributed by atoms with Gasteiger partial charge in [-0.05, 0) is 49.7 Å². The monoisotopic (exact) mass is 344 g/mol. The Morgan fingerprint density at radius 1 is 1.25 bits per heavy atom. The maximum Gasteiger partial charge on any atom is 0.411 e. The third kappa shape index (κ3) is 7.07. The summed E-state index contributed by atoms with van der Waals surface area (Å²) in [5, 5.41) is 3.35. The van der Waals surface area contributed by atoms with Gasteiger partial charge in [0.1, 0.15) is 12.4 Å². The van der Waals surface area contributed by atoms with Crippen LogP contribution in [-0.2, 0) is 17.6 Å². The molecule has 3 nitrogen and oxygen atoms in total. The maximum atomic E-state index is 12.0. The molecule has 1 atom stereocenters. The molecule has 6 heteroatoms. The highest BCUT2D eigenvalue weighted by Gasteiger charge is 2.27. The molecule has 1 aliphatic heterocycles. The topological polar surface area (TPSA) is 34.2 Å². The molecule has 1 aliphatic rings. The van der Waals surface area contributed by atoms with Gasteiger partial charge in [-0.15, -0.1) is 0 Å². The van der Waals surface area contributed by atoms with Crippen molar-refractivity contribution in [3.8, 4) is 0 Å². The number of hydrogen-bond donors (Lipinski definition) is 1. The zero-order valence-electron chi connectivity index (χ0n) is 14.3. The van der Waals surface area contributed by atoms with Gasteiger partial charge in [0.25, 0.3) is 0 Å². The van der Waals surface area contributed by atoms with Crippen molar-refractivity contribution in [3.05, 3.63) is 23.4 Å². The highest BCUT2D eigenvalue weighted by atomic mass is 19.4. The van der Waals surface area contributed by atoms with Gasteiger partial charge >= 0.3 is 6.18 Å². The van der Waals surface area contributed by atoms with Crippen molar-refractivity contribution in [1.29, 1.82) is 0 Å². The number of nitrogens with zero attached hydrogens (tertiary/aromatic N) is 1. The number of anilines is 1. The van der Waals surface area contributed by atoms with Crippen LogP contribution in [0.5, 0.6) is 0 Å². The largest absolute Gasteiger partial charge is 0.411 e. The molecular weight excluding hydrogens is 317 g/mol. The molecule has 136 valence electrons. The lowest BCUT2D eigenvalue weighted by Crippen LogP contribution is -2.18. The van der Waals surface area contributed by atoms with Gasteiger partial charge < -0.3 is 10.1 Å². The Kier molecular flexibility index (Phi) is 7.34. The average Bonchev–Trinajstić information content (AvgIpc) is 2.54. The number of pyridine rings is 1. The highest BCUT2D eigenvalue weighted by Crippen LogP contribution is 2.21. The van der Waals surface area contributed by atoms with Crippen LogP contribution in [0.3, 0.4) is 0 Å². The number of ether oxygens (including phenoxy) is 1. The van der Waals surface area contributed by atoms with Gasteiger partial charge in [0, 0.05) is 18.8 Å². The number of halogens is 3. The van der Waals surface area contributed by atoms with E-state index < -0.39 is 12.8 Å². The second-order valence-electron chi connectivity index (χ2n) is 6.65. The number of rotatable bonds is 9. The minimum absolute atomic E-state index is 0.179. The highest BCUT2D eigenvalue weighted by molar-refractivity contribution is 5.46. The zero-order chi connectivity index (χ0) is 17.4. The molecule has 0 aliphatic carbocycles. The Hall–Kier alpha value is -1.30. The first-order chi connectivity index (χ1) is 11.4. The second kappa shape index (κ2) is 9.25. The summed E-state index contributed by atoms with van der Waals surface area (Å²) in [4.78, 5) is 4.68. The van der Waals surface area contributed by atoms with Crippen molar-refractivity contribution in [2.45, 2.75) is 58.0 Å². The minimum atomic E-state index is -4.22. The van der Waals surface area contributed by atoms with Crippen LogP contribution >= 0.6 is 0 Å². The Morgan fingerprint density at radius 2 is 2.08 bits per heavy atom. The fourth-order valence-electron chi connectivity index (χ4n) is 2.92. The lowest BCUT2D eigenvalue weighted by molar-refractivity contribution is -0.174. The summed E-state index contributed by atoms with van der Waals surface area (Å²) < 4.78 is 40.5. The molecule has 0 bridgehead atoms. The summed E-state index contributed by atoms with van der Waals surface area (Å²) in [5.74, 6) is 1.42. The number of hydrogen-bond acceptors (Lipinski definition) is 3. The first-order valence-corrected chi connectivity index (χ1v) is 8.81. The van der Waals surface area contributed by atoms with Crippen LogP contribution in [0.1, 0.15) is 50.3 Å². The molecule has 0 saturated heterocycles. The molecule has 0 spiro atoms. The van der Waals surface area contributed by atoms with Crippen LogP contribution in [0.15, 0.2) is 12.1 Å². The predicted octanol–water partition coefficient (Wildman–Crippen LogP) is 4.76. The summed E-state index contributed by atoms with van der Waals surface area (Å²) in [6.07, 6.45) is 2.80. The van der Waals surface area contributed by atoms with E-state index in [9.17, 15) is 13.2 Å². The van der Waals surface area contributed by atoms with Crippen LogP contribution in [0, 0.1) is 5.92 Å². The summed E-state index contributed by atoms with van der Waals surface area (Å²) in [7, 11) is 0. The SMILES string of the molecule is CC(CCCCc1ccc2c(n1)NCCC2)CCOCC(F)(F)F. The first-order valence-electron chi connectivity index (χ1n) is 8.81. The van der Waals surface area contributed by atoms with Crippen LogP contribution in [-0.4, -0.2) is 30.9 Å². The fourth-order valence-corrected chi connectivity index (χ4v) is 2.92. The normalized spacial score (nSPS) is 15.7. The van der Waals surface area contributed by atoms with E-state index in [0.717, 1.165) is 50.2 Å². The van der Waals surface area contributed by atoms with E-state index in [2.05, 4.69) is 34.1 Å². The quantitative estimate of drug-likeness (QED) is 0.656. The zero-order valence-corrected chi connectivity index (χ0v) is 14.3. The minimum Gasteiger partial charge on any atom is -0.372 e. The summed E-state index contributed by atoms with van der Waals surface area (Å²) in [6, 6.07) is 4.28. The van der Waals surface area contributed by atoms with E-state index in [-0.39, 0.29) is 6.61 Å². The van der Waals surface area contributed by atoms with Gasteiger partial charge in [0.05, 0.1) is 0 Å².